The van der Waals surface area contributed by atoms with Crippen molar-refractivity contribution in [1.29, 1.82) is 0 Å². The molecule has 2 aromatic carbocycles. The summed E-state index contributed by atoms with van der Waals surface area (Å²) < 4.78 is 24.0. The van der Waals surface area contributed by atoms with Gasteiger partial charge in [-0.3, -0.25) is 13.9 Å². The van der Waals surface area contributed by atoms with E-state index in [2.05, 4.69) is 39.4 Å². The Hall–Kier alpha value is -2.65. The Bertz CT molecular complexity index is 1160. The molecule has 0 amide bonds. The van der Waals surface area contributed by atoms with Crippen molar-refractivity contribution in [3.8, 4) is 0 Å². The van der Waals surface area contributed by atoms with Gasteiger partial charge in [-0.15, -0.1) is 0 Å². The number of para-hydroxylation sites is 1. The van der Waals surface area contributed by atoms with E-state index in [4.69, 9.17) is 13.3 Å². The minimum Gasteiger partial charge on any atom is -0.355 e. The van der Waals surface area contributed by atoms with Crippen molar-refractivity contribution in [3.05, 3.63) is 66.8 Å². The second kappa shape index (κ2) is 7.30. The van der Waals surface area contributed by atoms with E-state index in [9.17, 15) is 4.79 Å². The van der Waals surface area contributed by atoms with E-state index in [1.807, 2.05) is 24.3 Å². The van der Waals surface area contributed by atoms with E-state index in [1.54, 1.807) is 12.2 Å². The van der Waals surface area contributed by atoms with Crippen LogP contribution < -0.4 is 0 Å². The average Bonchev–Trinajstić information content (AvgIpc) is 2.94. The summed E-state index contributed by atoms with van der Waals surface area (Å²) in [6, 6.07) is 14.3. The van der Waals surface area contributed by atoms with Gasteiger partial charge in [0, 0.05) is 33.0 Å². The van der Waals surface area contributed by atoms with Crippen molar-refractivity contribution in [2.24, 2.45) is 4.99 Å². The molecule has 0 fully saturated rings. The quantitative estimate of drug-likeness (QED) is 0.553. The maximum absolute atomic E-state index is 11.1. The fourth-order valence-corrected chi connectivity index (χ4v) is 2.58. The molecule has 132 valence electrons. The van der Waals surface area contributed by atoms with Crippen LogP contribution in [0.1, 0.15) is 0 Å². The first kappa shape index (κ1) is 18.2. The largest absolute Gasteiger partial charge is 0.355 e. The van der Waals surface area contributed by atoms with Gasteiger partial charge in [0.1, 0.15) is 0 Å². The number of H-pyrrole nitrogens is 1. The van der Waals surface area contributed by atoms with Gasteiger partial charge < -0.3 is 4.98 Å². The summed E-state index contributed by atoms with van der Waals surface area (Å²) in [7, 11) is -3.83. The van der Waals surface area contributed by atoms with Crippen molar-refractivity contribution >= 4 is 59.2 Å². The number of allylic oxidation sites excluding steroid dienone is 4. The highest BCUT2D eigenvalue weighted by Gasteiger charge is 2.05. The maximum Gasteiger partial charge on any atom is 0.263 e. The molecule has 26 heavy (non-hydrogen) atoms. The molecule has 0 bridgehead atoms. The SMILES string of the molecule is O=C1C=CC(=Nc2ccc3[nH]c4ccccc4c3c2)C=C1.O=S(O)(O)=S. The minimum atomic E-state index is -3.83. The summed E-state index contributed by atoms with van der Waals surface area (Å²) in [6.07, 6.45) is 6.54. The molecule has 0 saturated heterocycles. The highest BCUT2D eigenvalue weighted by Crippen LogP contribution is 2.28. The molecule has 1 aliphatic carbocycles. The molecule has 6 nitrogen and oxygen atoms in total. The smallest absolute Gasteiger partial charge is 0.263 e. The zero-order chi connectivity index (χ0) is 18.7. The molecule has 0 aliphatic heterocycles. The van der Waals surface area contributed by atoms with Crippen LogP contribution in [0.25, 0.3) is 21.8 Å². The fourth-order valence-electron chi connectivity index (χ4n) is 2.58. The third-order valence-electron chi connectivity index (χ3n) is 3.58. The summed E-state index contributed by atoms with van der Waals surface area (Å²) in [5.74, 6) is 0.000954. The summed E-state index contributed by atoms with van der Waals surface area (Å²) in [4.78, 5) is 19.1. The number of carbonyl (C=O) groups excluding carboxylic acids is 1. The lowest BCUT2D eigenvalue weighted by Crippen LogP contribution is -1.98. The van der Waals surface area contributed by atoms with Crippen molar-refractivity contribution < 1.29 is 18.1 Å². The van der Waals surface area contributed by atoms with Crippen molar-refractivity contribution in [1.82, 2.24) is 4.98 Å². The fraction of sp³-hybridized carbons (Fsp3) is 0. The molecule has 0 atom stereocenters. The van der Waals surface area contributed by atoms with Crippen LogP contribution in [-0.2, 0) is 25.0 Å². The second-order valence-corrected chi connectivity index (χ2v) is 7.65. The lowest BCUT2D eigenvalue weighted by Gasteiger charge is -2.00. The molecule has 1 heterocycles. The van der Waals surface area contributed by atoms with Crippen molar-refractivity contribution in [2.45, 2.75) is 0 Å². The number of benzene rings is 2. The molecule has 1 aliphatic rings. The Balaban J connectivity index is 0.000000349. The van der Waals surface area contributed by atoms with Gasteiger partial charge in [-0.1, -0.05) is 18.2 Å². The van der Waals surface area contributed by atoms with E-state index in [1.165, 1.54) is 17.5 Å². The first-order chi connectivity index (χ1) is 12.3. The Kier molecular flexibility index (Phi) is 5.10. The number of fused-ring (bicyclic) bond motifs is 3. The van der Waals surface area contributed by atoms with E-state index in [0.29, 0.717) is 0 Å². The standard InChI is InChI=1S/C18H12N2O.H2O3S2/c21-14-8-5-12(6-9-14)19-13-7-10-18-16(11-13)15-3-1-2-4-17(15)20-18;1-5(2,3)4/h1-11,20H;(H2,1,2,3,4). The Morgan fingerprint density at radius 1 is 0.923 bits per heavy atom. The number of rotatable bonds is 1. The van der Waals surface area contributed by atoms with Crippen LogP contribution in [0, 0.1) is 0 Å². The highest BCUT2D eigenvalue weighted by atomic mass is 32.9. The number of ketones is 1. The van der Waals surface area contributed by atoms with Crippen LogP contribution in [0.15, 0.2) is 71.8 Å². The van der Waals surface area contributed by atoms with Gasteiger partial charge in [0.15, 0.2) is 5.78 Å². The first-order valence-electron chi connectivity index (χ1n) is 7.49. The van der Waals surface area contributed by atoms with Crippen molar-refractivity contribution in [2.75, 3.05) is 0 Å². The van der Waals surface area contributed by atoms with E-state index < -0.39 is 9.05 Å². The van der Waals surface area contributed by atoms with E-state index in [-0.39, 0.29) is 5.78 Å². The zero-order valence-electron chi connectivity index (χ0n) is 13.3. The molecule has 3 aromatic rings. The number of aliphatic imine (C=N–C) groups is 1. The molecule has 0 spiro atoms. The molecule has 0 saturated carbocycles. The average molecular weight is 386 g/mol. The second-order valence-electron chi connectivity index (χ2n) is 5.45. The van der Waals surface area contributed by atoms with Gasteiger partial charge in [-0.05, 0) is 48.6 Å². The number of nitrogens with zero attached hydrogens (tertiary/aromatic N) is 1. The van der Waals surface area contributed by atoms with Crippen LogP contribution in [-0.4, -0.2) is 29.8 Å². The highest BCUT2D eigenvalue weighted by molar-refractivity contribution is 8.26. The van der Waals surface area contributed by atoms with Gasteiger partial charge in [-0.25, -0.2) is 4.99 Å². The molecule has 0 unspecified atom stereocenters. The van der Waals surface area contributed by atoms with Crippen LogP contribution in [0.5, 0.6) is 0 Å². The van der Waals surface area contributed by atoms with Gasteiger partial charge >= 0.3 is 0 Å². The number of hydrogen-bond acceptors (Lipinski definition) is 4. The molecule has 1 aromatic heterocycles. The lowest BCUT2D eigenvalue weighted by molar-refractivity contribution is -0.110. The molecule has 4 rings (SSSR count). The molecular formula is C18H14N2O4S2. The predicted octanol–water partition coefficient (Wildman–Crippen LogP) is 3.77. The summed E-state index contributed by atoms with van der Waals surface area (Å²) in [5, 5.41) is 2.35. The Morgan fingerprint density at radius 2 is 1.54 bits per heavy atom. The third-order valence-corrected chi connectivity index (χ3v) is 3.58. The Morgan fingerprint density at radius 3 is 2.23 bits per heavy atom. The van der Waals surface area contributed by atoms with Crippen LogP contribution in [0.4, 0.5) is 5.69 Å². The topological polar surface area (TPSA) is 103 Å². The summed E-state index contributed by atoms with van der Waals surface area (Å²) >= 11 is 3.47. The molecule has 8 heteroatoms. The monoisotopic (exact) mass is 386 g/mol. The van der Waals surface area contributed by atoms with Crippen molar-refractivity contribution in [3.63, 3.8) is 0 Å². The van der Waals surface area contributed by atoms with Gasteiger partial charge in [0.2, 0.25) is 0 Å². The number of hydrogen-bond donors (Lipinski definition) is 3. The minimum absolute atomic E-state index is 0.000954. The molecule has 3 N–H and O–H groups in total. The number of aromatic amines is 1. The predicted molar refractivity (Wildman–Crippen MR) is 107 cm³/mol. The van der Waals surface area contributed by atoms with Crippen LogP contribution >= 0.6 is 0 Å². The summed E-state index contributed by atoms with van der Waals surface area (Å²) in [6.45, 7) is 0. The maximum atomic E-state index is 11.1. The third kappa shape index (κ3) is 4.70. The number of aromatic nitrogens is 1. The van der Waals surface area contributed by atoms with Crippen LogP contribution in [0.3, 0.4) is 0 Å². The first-order valence-corrected chi connectivity index (χ1v) is 9.88. The Labute approximate surface area is 154 Å². The number of nitrogens with one attached hydrogen (secondary N) is 1. The number of carbonyl (C=O) groups is 1. The normalized spacial score (nSPS) is 13.8. The zero-order valence-corrected chi connectivity index (χ0v) is 15.0. The lowest BCUT2D eigenvalue weighted by atomic mass is 10.1. The van der Waals surface area contributed by atoms with Gasteiger partial charge in [0.05, 0.1) is 11.4 Å². The van der Waals surface area contributed by atoms with Gasteiger partial charge in [-0.2, -0.15) is 4.21 Å². The molecule has 0 radical (unpaired) electrons. The van der Waals surface area contributed by atoms with E-state index >= 15 is 0 Å². The van der Waals surface area contributed by atoms with Gasteiger partial charge in [0.25, 0.3) is 9.05 Å². The van der Waals surface area contributed by atoms with E-state index in [0.717, 1.165) is 27.8 Å². The summed E-state index contributed by atoms with van der Waals surface area (Å²) in [5.41, 5.74) is 3.89. The molecular weight excluding hydrogens is 372 g/mol. The van der Waals surface area contributed by atoms with Crippen LogP contribution in [0.2, 0.25) is 0 Å².